The molecule has 15 heavy (non-hydrogen) atoms. The molecule has 1 N–H and O–H groups in total. The number of hydrogen-bond acceptors (Lipinski definition) is 1. The van der Waals surface area contributed by atoms with Gasteiger partial charge in [-0.2, -0.15) is 0 Å². The molecule has 1 aliphatic heterocycles. The highest BCUT2D eigenvalue weighted by atomic mass is 35.5. The SMILES string of the molecule is Clc1cccc(C2CCCCCN2)c1Cl. The van der Waals surface area contributed by atoms with Gasteiger partial charge in [0.05, 0.1) is 10.0 Å². The molecule has 3 heteroatoms. The zero-order valence-electron chi connectivity index (χ0n) is 8.60. The molecule has 0 saturated carbocycles. The van der Waals surface area contributed by atoms with Gasteiger partial charge in [-0.05, 0) is 31.0 Å². The van der Waals surface area contributed by atoms with Crippen LogP contribution in [0.4, 0.5) is 0 Å². The third-order valence-electron chi connectivity index (χ3n) is 2.92. The van der Waals surface area contributed by atoms with Crippen LogP contribution < -0.4 is 5.32 Å². The van der Waals surface area contributed by atoms with Crippen molar-refractivity contribution in [1.29, 1.82) is 0 Å². The van der Waals surface area contributed by atoms with Crippen molar-refractivity contribution in [2.24, 2.45) is 0 Å². The van der Waals surface area contributed by atoms with Crippen molar-refractivity contribution in [1.82, 2.24) is 5.32 Å². The lowest BCUT2D eigenvalue weighted by Crippen LogP contribution is -2.20. The second-order valence-corrected chi connectivity index (χ2v) is 4.78. The van der Waals surface area contributed by atoms with Crippen molar-refractivity contribution in [3.8, 4) is 0 Å². The van der Waals surface area contributed by atoms with Gasteiger partial charge in [0.1, 0.15) is 0 Å². The van der Waals surface area contributed by atoms with Crippen molar-refractivity contribution < 1.29 is 0 Å². The molecule has 1 heterocycles. The average molecular weight is 244 g/mol. The fourth-order valence-corrected chi connectivity index (χ4v) is 2.52. The molecule has 1 atom stereocenters. The monoisotopic (exact) mass is 243 g/mol. The van der Waals surface area contributed by atoms with Gasteiger partial charge in [-0.1, -0.05) is 48.2 Å². The zero-order chi connectivity index (χ0) is 10.7. The molecule has 82 valence electrons. The van der Waals surface area contributed by atoms with Gasteiger partial charge in [0.15, 0.2) is 0 Å². The number of hydrogen-bond donors (Lipinski definition) is 1. The Bertz CT molecular complexity index is 330. The summed E-state index contributed by atoms with van der Waals surface area (Å²) in [5.74, 6) is 0. The van der Waals surface area contributed by atoms with E-state index in [1.165, 1.54) is 19.3 Å². The first-order chi connectivity index (χ1) is 7.29. The predicted molar refractivity (Wildman–Crippen MR) is 65.7 cm³/mol. The number of benzene rings is 1. The maximum atomic E-state index is 6.21. The van der Waals surface area contributed by atoms with Crippen LogP contribution in [0.2, 0.25) is 10.0 Å². The van der Waals surface area contributed by atoms with E-state index in [1.807, 2.05) is 12.1 Å². The highest BCUT2D eigenvalue weighted by Crippen LogP contribution is 2.32. The van der Waals surface area contributed by atoms with Gasteiger partial charge in [0.25, 0.3) is 0 Å². The van der Waals surface area contributed by atoms with Crippen LogP contribution in [0.25, 0.3) is 0 Å². The Morgan fingerprint density at radius 2 is 2.00 bits per heavy atom. The average Bonchev–Trinajstić information content (AvgIpc) is 2.50. The van der Waals surface area contributed by atoms with Crippen LogP contribution in [-0.4, -0.2) is 6.54 Å². The van der Waals surface area contributed by atoms with E-state index in [0.717, 1.165) is 18.5 Å². The Morgan fingerprint density at radius 1 is 1.13 bits per heavy atom. The summed E-state index contributed by atoms with van der Waals surface area (Å²) in [5.41, 5.74) is 1.14. The molecule has 1 saturated heterocycles. The van der Waals surface area contributed by atoms with Gasteiger partial charge in [0, 0.05) is 6.04 Å². The van der Waals surface area contributed by atoms with E-state index in [9.17, 15) is 0 Å². The van der Waals surface area contributed by atoms with Gasteiger partial charge < -0.3 is 5.32 Å². The van der Waals surface area contributed by atoms with Crippen molar-refractivity contribution in [3.05, 3.63) is 33.8 Å². The second-order valence-electron chi connectivity index (χ2n) is 4.00. The Hall–Kier alpha value is -0.240. The first kappa shape index (κ1) is 11.3. The first-order valence-corrected chi connectivity index (χ1v) is 6.22. The fraction of sp³-hybridized carbons (Fsp3) is 0.500. The summed E-state index contributed by atoms with van der Waals surface area (Å²) in [6, 6.07) is 6.25. The molecule has 1 nitrogen and oxygen atoms in total. The third kappa shape index (κ3) is 2.66. The summed E-state index contributed by atoms with van der Waals surface area (Å²) in [6.45, 7) is 1.08. The van der Waals surface area contributed by atoms with E-state index < -0.39 is 0 Å². The molecule has 0 radical (unpaired) electrons. The van der Waals surface area contributed by atoms with Gasteiger partial charge >= 0.3 is 0 Å². The topological polar surface area (TPSA) is 12.0 Å². The maximum absolute atomic E-state index is 6.21. The lowest BCUT2D eigenvalue weighted by atomic mass is 10.0. The minimum absolute atomic E-state index is 0.374. The summed E-state index contributed by atoms with van der Waals surface area (Å²) in [4.78, 5) is 0. The van der Waals surface area contributed by atoms with Gasteiger partial charge in [0.2, 0.25) is 0 Å². The van der Waals surface area contributed by atoms with Gasteiger partial charge in [-0.25, -0.2) is 0 Å². The van der Waals surface area contributed by atoms with Crippen LogP contribution in [-0.2, 0) is 0 Å². The minimum atomic E-state index is 0.374. The Morgan fingerprint density at radius 3 is 2.87 bits per heavy atom. The van der Waals surface area contributed by atoms with Crippen molar-refractivity contribution in [2.45, 2.75) is 31.7 Å². The largest absolute Gasteiger partial charge is 0.310 e. The Labute approximate surface area is 101 Å². The molecule has 1 unspecified atom stereocenters. The highest BCUT2D eigenvalue weighted by Gasteiger charge is 2.17. The summed E-state index contributed by atoms with van der Waals surface area (Å²) >= 11 is 12.2. The maximum Gasteiger partial charge on any atom is 0.0640 e. The molecule has 0 spiro atoms. The molecule has 0 amide bonds. The van der Waals surface area contributed by atoms with Crippen LogP contribution >= 0.6 is 23.2 Å². The lowest BCUT2D eigenvalue weighted by Gasteiger charge is -2.18. The minimum Gasteiger partial charge on any atom is -0.310 e. The van der Waals surface area contributed by atoms with E-state index in [4.69, 9.17) is 23.2 Å². The van der Waals surface area contributed by atoms with E-state index in [-0.39, 0.29) is 0 Å². The molecule has 1 fully saturated rings. The van der Waals surface area contributed by atoms with Crippen molar-refractivity contribution in [3.63, 3.8) is 0 Å². The number of nitrogens with one attached hydrogen (secondary N) is 1. The fourth-order valence-electron chi connectivity index (χ4n) is 2.08. The second kappa shape index (κ2) is 5.20. The first-order valence-electron chi connectivity index (χ1n) is 5.46. The van der Waals surface area contributed by atoms with Crippen molar-refractivity contribution in [2.75, 3.05) is 6.54 Å². The molecule has 1 aromatic rings. The van der Waals surface area contributed by atoms with E-state index in [1.54, 1.807) is 0 Å². The third-order valence-corrected chi connectivity index (χ3v) is 3.75. The number of rotatable bonds is 1. The molecular formula is C12H15Cl2N. The van der Waals surface area contributed by atoms with E-state index >= 15 is 0 Å². The molecule has 1 aliphatic rings. The summed E-state index contributed by atoms with van der Waals surface area (Å²) in [5, 5.41) is 4.88. The molecule has 0 bridgehead atoms. The van der Waals surface area contributed by atoms with Crippen molar-refractivity contribution >= 4 is 23.2 Å². The zero-order valence-corrected chi connectivity index (χ0v) is 10.1. The smallest absolute Gasteiger partial charge is 0.0640 e. The van der Waals surface area contributed by atoms with E-state index in [2.05, 4.69) is 11.4 Å². The standard InChI is InChI=1S/C12H15Cl2N/c13-10-6-4-5-9(12(10)14)11-7-2-1-3-8-15-11/h4-6,11,15H,1-3,7-8H2. The van der Waals surface area contributed by atoms with Crippen LogP contribution in [0.15, 0.2) is 18.2 Å². The Balaban J connectivity index is 2.23. The number of halogens is 2. The molecule has 0 aromatic heterocycles. The summed E-state index contributed by atoms with van der Waals surface area (Å²) < 4.78 is 0. The quantitative estimate of drug-likeness (QED) is 0.780. The molecule has 1 aromatic carbocycles. The van der Waals surface area contributed by atoms with Crippen LogP contribution in [0, 0.1) is 0 Å². The van der Waals surface area contributed by atoms with Gasteiger partial charge in [-0.15, -0.1) is 0 Å². The predicted octanol–water partition coefficient (Wildman–Crippen LogP) is 4.20. The highest BCUT2D eigenvalue weighted by molar-refractivity contribution is 6.42. The Kier molecular flexibility index (Phi) is 3.90. The normalized spacial score (nSPS) is 22.4. The molecule has 2 rings (SSSR count). The lowest BCUT2D eigenvalue weighted by molar-refractivity contribution is 0.535. The summed E-state index contributed by atoms with van der Waals surface area (Å²) in [7, 11) is 0. The van der Waals surface area contributed by atoms with E-state index in [0.29, 0.717) is 16.1 Å². The molecule has 0 aliphatic carbocycles. The van der Waals surface area contributed by atoms with Crippen LogP contribution in [0.5, 0.6) is 0 Å². The molecular weight excluding hydrogens is 229 g/mol. The van der Waals surface area contributed by atoms with Crippen LogP contribution in [0.3, 0.4) is 0 Å². The van der Waals surface area contributed by atoms with Gasteiger partial charge in [-0.3, -0.25) is 0 Å². The van der Waals surface area contributed by atoms with Crippen LogP contribution in [0.1, 0.15) is 37.3 Å². The summed E-state index contributed by atoms with van der Waals surface area (Å²) in [6.07, 6.45) is 4.98.